The van der Waals surface area contributed by atoms with Gasteiger partial charge in [-0.15, -0.1) is 10.2 Å². The number of nitrogens with zero attached hydrogens (tertiary/aromatic N) is 3. The van der Waals surface area contributed by atoms with Crippen LogP contribution in [0.2, 0.25) is 5.02 Å². The first kappa shape index (κ1) is 16.6. The number of pyridine rings is 1. The lowest BCUT2D eigenvalue weighted by atomic mass is 10.1. The Bertz CT molecular complexity index is 853. The fourth-order valence-corrected chi connectivity index (χ4v) is 2.65. The van der Waals surface area contributed by atoms with Gasteiger partial charge in [0.2, 0.25) is 11.9 Å². The van der Waals surface area contributed by atoms with Gasteiger partial charge in [-0.2, -0.15) is 0 Å². The number of nitrogens with one attached hydrogen (secondary N) is 2. The molecule has 0 atom stereocenters. The van der Waals surface area contributed by atoms with Crippen molar-refractivity contribution in [2.75, 3.05) is 5.32 Å². The molecule has 6 nitrogen and oxygen atoms in total. The smallest absolute Gasteiger partial charge is 0.228 e. The van der Waals surface area contributed by atoms with E-state index in [1.165, 1.54) is 0 Å². The summed E-state index contributed by atoms with van der Waals surface area (Å²) in [5.74, 6) is 0.761. The highest BCUT2D eigenvalue weighted by Gasteiger charge is 2.09. The number of hydrogen-bond acceptors (Lipinski definition) is 4. The van der Waals surface area contributed by atoms with Crippen molar-refractivity contribution in [1.29, 1.82) is 0 Å². The molecule has 0 bridgehead atoms. The molecule has 0 aliphatic carbocycles. The fraction of sp³-hybridized carbons (Fsp3) is 0.125. The van der Waals surface area contributed by atoms with Crippen LogP contribution in [0.25, 0.3) is 11.4 Å². The van der Waals surface area contributed by atoms with Crippen LogP contribution in [0.15, 0.2) is 47.2 Å². The molecule has 0 unspecified atom stereocenters. The average molecular weight is 407 g/mol. The third-order valence-electron chi connectivity index (χ3n) is 3.32. The van der Waals surface area contributed by atoms with Crippen molar-refractivity contribution in [3.8, 4) is 11.4 Å². The Morgan fingerprint density at radius 1 is 1.21 bits per heavy atom. The second kappa shape index (κ2) is 7.55. The minimum absolute atomic E-state index is 0.140. The van der Waals surface area contributed by atoms with Gasteiger partial charge in [0.1, 0.15) is 0 Å². The quantitative estimate of drug-likeness (QED) is 0.674. The molecule has 0 saturated carbocycles. The zero-order valence-electron chi connectivity index (χ0n) is 12.5. The van der Waals surface area contributed by atoms with Crippen LogP contribution in [-0.4, -0.2) is 26.1 Å². The first-order valence-electron chi connectivity index (χ1n) is 7.18. The number of hydrogen-bond donors (Lipinski definition) is 2. The maximum absolute atomic E-state index is 12.0. The van der Waals surface area contributed by atoms with Crippen molar-refractivity contribution in [2.24, 2.45) is 0 Å². The van der Waals surface area contributed by atoms with Crippen molar-refractivity contribution < 1.29 is 4.79 Å². The zero-order chi connectivity index (χ0) is 16.9. The summed E-state index contributed by atoms with van der Waals surface area (Å²) in [4.78, 5) is 19.0. The van der Waals surface area contributed by atoms with Crippen LogP contribution in [0.1, 0.15) is 12.0 Å². The molecule has 0 spiro atoms. The monoisotopic (exact) mass is 405 g/mol. The van der Waals surface area contributed by atoms with E-state index in [0.717, 1.165) is 15.6 Å². The number of aryl methyl sites for hydroxylation is 1. The molecule has 24 heavy (non-hydrogen) atoms. The van der Waals surface area contributed by atoms with Crippen LogP contribution in [0.5, 0.6) is 0 Å². The highest BCUT2D eigenvalue weighted by Crippen LogP contribution is 2.23. The molecule has 2 aromatic heterocycles. The summed E-state index contributed by atoms with van der Waals surface area (Å²) < 4.78 is 0.819. The van der Waals surface area contributed by atoms with Crippen molar-refractivity contribution in [3.05, 3.63) is 57.8 Å². The van der Waals surface area contributed by atoms with E-state index in [1.807, 2.05) is 24.3 Å². The van der Waals surface area contributed by atoms with Gasteiger partial charge in [0, 0.05) is 28.9 Å². The predicted octanol–water partition coefficient (Wildman–Crippen LogP) is 3.85. The first-order chi connectivity index (χ1) is 11.6. The van der Waals surface area contributed by atoms with Gasteiger partial charge in [-0.05, 0) is 52.2 Å². The number of carbonyl (C=O) groups is 1. The Kier molecular flexibility index (Phi) is 5.22. The molecular weight excluding hydrogens is 394 g/mol. The van der Waals surface area contributed by atoms with E-state index in [-0.39, 0.29) is 5.91 Å². The number of anilines is 1. The van der Waals surface area contributed by atoms with Crippen LogP contribution < -0.4 is 5.32 Å². The van der Waals surface area contributed by atoms with Crippen LogP contribution in [-0.2, 0) is 11.2 Å². The van der Waals surface area contributed by atoms with Gasteiger partial charge in [0.25, 0.3) is 0 Å². The number of H-pyrrole nitrogens is 1. The largest absolute Gasteiger partial charge is 0.307 e. The molecule has 3 rings (SSSR count). The highest BCUT2D eigenvalue weighted by atomic mass is 79.9. The van der Waals surface area contributed by atoms with Gasteiger partial charge in [0.05, 0.1) is 5.02 Å². The summed E-state index contributed by atoms with van der Waals surface area (Å²) in [6.07, 6.45) is 4.27. The maximum atomic E-state index is 12.0. The summed E-state index contributed by atoms with van der Waals surface area (Å²) in [5, 5.41) is 11.3. The Labute approximate surface area is 151 Å². The van der Waals surface area contributed by atoms with Crippen LogP contribution in [0.4, 0.5) is 5.95 Å². The second-order valence-electron chi connectivity index (χ2n) is 5.05. The maximum Gasteiger partial charge on any atom is 0.228 e. The fourth-order valence-electron chi connectivity index (χ4n) is 2.11. The van der Waals surface area contributed by atoms with E-state index < -0.39 is 0 Å². The lowest BCUT2D eigenvalue weighted by molar-refractivity contribution is -0.116. The SMILES string of the molecule is O=C(CCc1ccc(Cl)c(Br)c1)Nc1nnc(-c2ccncc2)[nH]1. The van der Waals surface area contributed by atoms with Crippen LogP contribution in [0, 0.1) is 0 Å². The minimum atomic E-state index is -0.140. The average Bonchev–Trinajstić information content (AvgIpc) is 3.05. The Hall–Kier alpha value is -2.25. The summed E-state index contributed by atoms with van der Waals surface area (Å²) in [6, 6.07) is 9.23. The predicted molar refractivity (Wildman–Crippen MR) is 95.7 cm³/mol. The molecule has 0 saturated heterocycles. The Morgan fingerprint density at radius 2 is 2.00 bits per heavy atom. The topological polar surface area (TPSA) is 83.6 Å². The number of benzene rings is 1. The Morgan fingerprint density at radius 3 is 2.75 bits per heavy atom. The molecular formula is C16H13BrClN5O. The molecule has 1 aromatic carbocycles. The molecule has 1 amide bonds. The van der Waals surface area contributed by atoms with E-state index in [0.29, 0.717) is 29.6 Å². The minimum Gasteiger partial charge on any atom is -0.307 e. The molecule has 0 aliphatic rings. The van der Waals surface area contributed by atoms with Crippen molar-refractivity contribution in [1.82, 2.24) is 20.2 Å². The van der Waals surface area contributed by atoms with E-state index in [2.05, 4.69) is 41.4 Å². The van der Waals surface area contributed by atoms with Gasteiger partial charge >= 0.3 is 0 Å². The van der Waals surface area contributed by atoms with Crippen molar-refractivity contribution in [2.45, 2.75) is 12.8 Å². The van der Waals surface area contributed by atoms with Gasteiger partial charge in [-0.1, -0.05) is 17.7 Å². The standard InChI is InChI=1S/C16H13BrClN5O/c17-12-9-10(1-3-13(12)18)2-4-14(24)20-16-21-15(22-23-16)11-5-7-19-8-6-11/h1,3,5-9H,2,4H2,(H2,20,21,22,23,24). The van der Waals surface area contributed by atoms with Crippen LogP contribution in [0.3, 0.4) is 0 Å². The highest BCUT2D eigenvalue weighted by molar-refractivity contribution is 9.10. The summed E-state index contributed by atoms with van der Waals surface area (Å²) in [6.45, 7) is 0. The molecule has 2 N–H and O–H groups in total. The van der Waals surface area contributed by atoms with Gasteiger partial charge in [-0.25, -0.2) is 0 Å². The normalized spacial score (nSPS) is 10.6. The molecule has 3 aromatic rings. The lowest BCUT2D eigenvalue weighted by Crippen LogP contribution is -2.13. The van der Waals surface area contributed by atoms with Gasteiger partial charge in [-0.3, -0.25) is 15.1 Å². The lowest BCUT2D eigenvalue weighted by Gasteiger charge is -2.04. The van der Waals surface area contributed by atoms with E-state index >= 15 is 0 Å². The molecule has 122 valence electrons. The third-order valence-corrected chi connectivity index (χ3v) is 4.54. The number of amides is 1. The van der Waals surface area contributed by atoms with Crippen LogP contribution >= 0.6 is 27.5 Å². The van der Waals surface area contributed by atoms with Gasteiger partial charge < -0.3 is 4.98 Å². The summed E-state index contributed by atoms with van der Waals surface area (Å²) in [5.41, 5.74) is 1.88. The molecule has 0 fully saturated rings. The van der Waals surface area contributed by atoms with Crippen molar-refractivity contribution >= 4 is 39.4 Å². The second-order valence-corrected chi connectivity index (χ2v) is 6.32. The van der Waals surface area contributed by atoms with E-state index in [9.17, 15) is 4.79 Å². The number of rotatable bonds is 5. The summed E-state index contributed by atoms with van der Waals surface area (Å²) >= 11 is 9.33. The van der Waals surface area contributed by atoms with Crippen molar-refractivity contribution in [3.63, 3.8) is 0 Å². The first-order valence-corrected chi connectivity index (χ1v) is 8.36. The van der Waals surface area contributed by atoms with E-state index in [1.54, 1.807) is 18.5 Å². The molecule has 0 radical (unpaired) electrons. The molecule has 8 heteroatoms. The number of halogens is 2. The molecule has 2 heterocycles. The zero-order valence-corrected chi connectivity index (χ0v) is 14.8. The van der Waals surface area contributed by atoms with E-state index in [4.69, 9.17) is 11.6 Å². The molecule has 0 aliphatic heterocycles. The number of carbonyl (C=O) groups excluding carboxylic acids is 1. The third kappa shape index (κ3) is 4.18. The van der Waals surface area contributed by atoms with Gasteiger partial charge in [0.15, 0.2) is 5.82 Å². The number of aromatic nitrogens is 4. The summed E-state index contributed by atoms with van der Waals surface area (Å²) in [7, 11) is 0. The number of aromatic amines is 1. The Balaban J connectivity index is 1.57.